The molecule has 19 heavy (non-hydrogen) atoms. The lowest BCUT2D eigenvalue weighted by atomic mass is 9.85. The number of rotatable bonds is 8. The van der Waals surface area contributed by atoms with Crippen LogP contribution in [0, 0.1) is 12.8 Å². The maximum atomic E-state index is 4.43. The Morgan fingerprint density at radius 3 is 2.53 bits per heavy atom. The zero-order valence-electron chi connectivity index (χ0n) is 12.0. The van der Waals surface area contributed by atoms with E-state index in [1.807, 2.05) is 20.0 Å². The van der Waals surface area contributed by atoms with Gasteiger partial charge in [-0.3, -0.25) is 0 Å². The van der Waals surface area contributed by atoms with Gasteiger partial charge >= 0.3 is 0 Å². The summed E-state index contributed by atoms with van der Waals surface area (Å²) in [5, 5.41) is 9.91. The van der Waals surface area contributed by atoms with Crippen LogP contribution >= 0.6 is 0 Å². The first kappa shape index (κ1) is 14.1. The molecule has 2 rings (SSSR count). The molecular weight excluding hydrogens is 238 g/mol. The number of hydrogen-bond donors (Lipinski definition) is 3. The summed E-state index contributed by atoms with van der Waals surface area (Å²) in [4.78, 5) is 8.84. The van der Waals surface area contributed by atoms with Crippen molar-refractivity contribution in [1.82, 2.24) is 15.3 Å². The predicted octanol–water partition coefficient (Wildman–Crippen LogP) is 2.02. The van der Waals surface area contributed by atoms with Crippen LogP contribution in [0.25, 0.3) is 0 Å². The number of aromatic nitrogens is 2. The van der Waals surface area contributed by atoms with E-state index in [-0.39, 0.29) is 0 Å². The normalized spacial score (nSPS) is 15.1. The Morgan fingerprint density at radius 1 is 1.16 bits per heavy atom. The second-order valence-electron chi connectivity index (χ2n) is 5.25. The summed E-state index contributed by atoms with van der Waals surface area (Å²) in [6.45, 7) is 4.92. The lowest BCUT2D eigenvalue weighted by Gasteiger charge is -2.25. The smallest absolute Gasteiger partial charge is 0.131 e. The third kappa shape index (κ3) is 4.67. The molecule has 0 atom stereocenters. The molecule has 0 aliphatic heterocycles. The molecule has 0 saturated heterocycles. The molecule has 1 heterocycles. The molecular formula is C14H25N5. The van der Waals surface area contributed by atoms with E-state index in [1.54, 1.807) is 0 Å². The van der Waals surface area contributed by atoms with Crippen LogP contribution in [0.4, 0.5) is 11.6 Å². The van der Waals surface area contributed by atoms with E-state index >= 15 is 0 Å². The second-order valence-corrected chi connectivity index (χ2v) is 5.25. The summed E-state index contributed by atoms with van der Waals surface area (Å²) < 4.78 is 0. The maximum absolute atomic E-state index is 4.43. The SMILES string of the molecule is CNCCCNc1cc(NCC2CCC2)nc(C)n1. The first-order valence-electron chi connectivity index (χ1n) is 7.26. The molecule has 3 N–H and O–H groups in total. The van der Waals surface area contributed by atoms with Crippen LogP contribution in [0.3, 0.4) is 0 Å². The molecule has 0 amide bonds. The number of hydrogen-bond acceptors (Lipinski definition) is 5. The second kappa shape index (κ2) is 7.28. The van der Waals surface area contributed by atoms with E-state index < -0.39 is 0 Å². The van der Waals surface area contributed by atoms with Crippen molar-refractivity contribution in [2.45, 2.75) is 32.6 Å². The van der Waals surface area contributed by atoms with Crippen molar-refractivity contribution in [2.75, 3.05) is 37.3 Å². The molecule has 1 fully saturated rings. The van der Waals surface area contributed by atoms with Crippen LogP contribution in [0.5, 0.6) is 0 Å². The molecule has 1 aliphatic rings. The van der Waals surface area contributed by atoms with Gasteiger partial charge in [0.2, 0.25) is 0 Å². The van der Waals surface area contributed by atoms with Crippen molar-refractivity contribution in [3.8, 4) is 0 Å². The Labute approximate surface area is 115 Å². The zero-order chi connectivity index (χ0) is 13.5. The Morgan fingerprint density at radius 2 is 1.89 bits per heavy atom. The molecule has 1 aromatic rings. The minimum Gasteiger partial charge on any atom is -0.370 e. The van der Waals surface area contributed by atoms with E-state index in [0.29, 0.717) is 0 Å². The van der Waals surface area contributed by atoms with Gasteiger partial charge in [0.1, 0.15) is 17.5 Å². The molecule has 0 unspecified atom stereocenters. The largest absolute Gasteiger partial charge is 0.370 e. The number of nitrogens with zero attached hydrogens (tertiary/aromatic N) is 2. The van der Waals surface area contributed by atoms with Crippen molar-refractivity contribution in [2.24, 2.45) is 5.92 Å². The minimum atomic E-state index is 0.815. The van der Waals surface area contributed by atoms with Gasteiger partial charge in [-0.15, -0.1) is 0 Å². The van der Waals surface area contributed by atoms with Crippen molar-refractivity contribution < 1.29 is 0 Å². The molecule has 0 spiro atoms. The van der Waals surface area contributed by atoms with Crippen molar-refractivity contribution >= 4 is 11.6 Å². The van der Waals surface area contributed by atoms with Crippen LogP contribution in [0.2, 0.25) is 0 Å². The third-order valence-electron chi connectivity index (χ3n) is 3.54. The van der Waals surface area contributed by atoms with E-state index in [1.165, 1.54) is 19.3 Å². The van der Waals surface area contributed by atoms with Gasteiger partial charge in [-0.2, -0.15) is 0 Å². The zero-order valence-corrected chi connectivity index (χ0v) is 12.0. The fraction of sp³-hybridized carbons (Fsp3) is 0.714. The fourth-order valence-electron chi connectivity index (χ4n) is 2.18. The fourth-order valence-corrected chi connectivity index (χ4v) is 2.18. The lowest BCUT2D eigenvalue weighted by molar-refractivity contribution is 0.333. The Hall–Kier alpha value is -1.36. The summed E-state index contributed by atoms with van der Waals surface area (Å²) in [5.41, 5.74) is 0. The van der Waals surface area contributed by atoms with Gasteiger partial charge in [0, 0.05) is 19.2 Å². The Bertz CT molecular complexity index is 389. The van der Waals surface area contributed by atoms with Gasteiger partial charge in [-0.05, 0) is 45.7 Å². The summed E-state index contributed by atoms with van der Waals surface area (Å²) in [5.74, 6) is 3.51. The highest BCUT2D eigenvalue weighted by atomic mass is 15.1. The number of nitrogens with one attached hydrogen (secondary N) is 3. The molecule has 5 nitrogen and oxygen atoms in total. The van der Waals surface area contributed by atoms with E-state index in [0.717, 1.165) is 49.4 Å². The summed E-state index contributed by atoms with van der Waals surface area (Å²) in [6.07, 6.45) is 5.18. The summed E-state index contributed by atoms with van der Waals surface area (Å²) in [6, 6.07) is 2.00. The highest BCUT2D eigenvalue weighted by Crippen LogP contribution is 2.26. The monoisotopic (exact) mass is 263 g/mol. The van der Waals surface area contributed by atoms with E-state index in [2.05, 4.69) is 25.9 Å². The average molecular weight is 263 g/mol. The predicted molar refractivity (Wildman–Crippen MR) is 79.6 cm³/mol. The highest BCUT2D eigenvalue weighted by molar-refractivity contribution is 5.47. The van der Waals surface area contributed by atoms with Crippen molar-refractivity contribution in [3.63, 3.8) is 0 Å². The molecule has 5 heteroatoms. The highest BCUT2D eigenvalue weighted by Gasteiger charge is 2.17. The topological polar surface area (TPSA) is 61.9 Å². The molecule has 0 aromatic carbocycles. The van der Waals surface area contributed by atoms with Gasteiger partial charge in [0.05, 0.1) is 0 Å². The third-order valence-corrected chi connectivity index (χ3v) is 3.54. The molecule has 1 aromatic heterocycles. The molecule has 0 bridgehead atoms. The Balaban J connectivity index is 1.82. The van der Waals surface area contributed by atoms with Gasteiger partial charge in [0.15, 0.2) is 0 Å². The molecule has 106 valence electrons. The summed E-state index contributed by atoms with van der Waals surface area (Å²) >= 11 is 0. The maximum Gasteiger partial charge on any atom is 0.131 e. The average Bonchev–Trinajstić information content (AvgIpc) is 2.32. The summed E-state index contributed by atoms with van der Waals surface area (Å²) in [7, 11) is 1.97. The van der Waals surface area contributed by atoms with Gasteiger partial charge in [-0.25, -0.2) is 9.97 Å². The van der Waals surface area contributed by atoms with Crippen LogP contribution < -0.4 is 16.0 Å². The van der Waals surface area contributed by atoms with Crippen LogP contribution in [0.15, 0.2) is 6.07 Å². The minimum absolute atomic E-state index is 0.815. The number of aryl methyl sites for hydroxylation is 1. The molecule has 1 aliphatic carbocycles. The first-order chi connectivity index (χ1) is 9.28. The molecule has 1 saturated carbocycles. The first-order valence-corrected chi connectivity index (χ1v) is 7.26. The van der Waals surface area contributed by atoms with Gasteiger partial charge in [-0.1, -0.05) is 6.42 Å². The lowest BCUT2D eigenvalue weighted by Crippen LogP contribution is -2.21. The van der Waals surface area contributed by atoms with Crippen molar-refractivity contribution in [3.05, 3.63) is 11.9 Å². The van der Waals surface area contributed by atoms with Gasteiger partial charge in [0.25, 0.3) is 0 Å². The van der Waals surface area contributed by atoms with Gasteiger partial charge < -0.3 is 16.0 Å². The van der Waals surface area contributed by atoms with E-state index in [4.69, 9.17) is 0 Å². The van der Waals surface area contributed by atoms with Crippen LogP contribution in [0.1, 0.15) is 31.5 Å². The number of anilines is 2. The standard InChI is InChI=1S/C14H25N5/c1-11-18-13(16-8-4-7-15-2)9-14(19-11)17-10-12-5-3-6-12/h9,12,15H,3-8,10H2,1-2H3,(H2,16,17,18,19). The van der Waals surface area contributed by atoms with Crippen LogP contribution in [-0.4, -0.2) is 36.6 Å². The Kier molecular flexibility index (Phi) is 5.39. The van der Waals surface area contributed by atoms with Crippen LogP contribution in [-0.2, 0) is 0 Å². The quantitative estimate of drug-likeness (QED) is 0.626. The van der Waals surface area contributed by atoms with Crippen molar-refractivity contribution in [1.29, 1.82) is 0 Å². The molecule has 0 radical (unpaired) electrons. The van der Waals surface area contributed by atoms with E-state index in [9.17, 15) is 0 Å².